The molecule has 0 saturated carbocycles. The predicted molar refractivity (Wildman–Crippen MR) is 102 cm³/mol. The van der Waals surface area contributed by atoms with Gasteiger partial charge in [-0.3, -0.25) is 9.59 Å². The molecule has 26 heavy (non-hydrogen) atoms. The number of carbonyl (C=O) groups excluding carboxylic acids is 2. The minimum Gasteiger partial charge on any atom is -0.348 e. The van der Waals surface area contributed by atoms with Crippen LogP contribution in [0.5, 0.6) is 0 Å². The summed E-state index contributed by atoms with van der Waals surface area (Å²) in [4.78, 5) is 28.7. The summed E-state index contributed by atoms with van der Waals surface area (Å²) in [5.41, 5.74) is 2.89. The molecule has 1 aliphatic heterocycles. The number of aryl methyl sites for hydroxylation is 1. The van der Waals surface area contributed by atoms with Gasteiger partial charge in [-0.05, 0) is 39.3 Å². The van der Waals surface area contributed by atoms with Crippen LogP contribution in [0.3, 0.4) is 0 Å². The summed E-state index contributed by atoms with van der Waals surface area (Å²) in [5, 5.41) is 0. The van der Waals surface area contributed by atoms with Gasteiger partial charge in [0.25, 0.3) is 5.91 Å². The third-order valence-corrected chi connectivity index (χ3v) is 4.81. The average molecular weight is 353 g/mol. The Morgan fingerprint density at radius 1 is 1.08 bits per heavy atom. The average Bonchev–Trinajstić information content (AvgIpc) is 3.08. The van der Waals surface area contributed by atoms with Crippen LogP contribution in [0.1, 0.15) is 42.3 Å². The second-order valence-electron chi connectivity index (χ2n) is 8.01. The molecule has 1 fully saturated rings. The summed E-state index contributed by atoms with van der Waals surface area (Å²) >= 11 is 0. The predicted octanol–water partition coefficient (Wildman–Crippen LogP) is 3.04. The minimum atomic E-state index is -0.0728. The summed E-state index contributed by atoms with van der Waals surface area (Å²) in [5.74, 6) is -0.0724. The standard InChI is InChI=1S/C21H27N3O2/c1-16-5-7-17(8-6-16)13-22-11-12-23(15-19(22)25)20(26)18-9-10-24(14-18)21(2,3)4/h5-10,14H,11-13,15H2,1-4H3. The van der Waals surface area contributed by atoms with Crippen LogP contribution in [0.25, 0.3) is 0 Å². The van der Waals surface area contributed by atoms with E-state index in [4.69, 9.17) is 0 Å². The Hall–Kier alpha value is -2.56. The molecule has 1 aromatic carbocycles. The highest BCUT2D eigenvalue weighted by molar-refractivity contribution is 5.97. The van der Waals surface area contributed by atoms with E-state index in [-0.39, 0.29) is 23.9 Å². The SMILES string of the molecule is Cc1ccc(CN2CCN(C(=O)c3ccn(C(C)(C)C)c3)CC2=O)cc1. The second-order valence-corrected chi connectivity index (χ2v) is 8.01. The summed E-state index contributed by atoms with van der Waals surface area (Å²) in [6.45, 7) is 10.2. The normalized spacial score (nSPS) is 15.5. The maximum absolute atomic E-state index is 12.7. The van der Waals surface area contributed by atoms with Crippen molar-refractivity contribution in [1.29, 1.82) is 0 Å². The van der Waals surface area contributed by atoms with Crippen LogP contribution in [0, 0.1) is 6.92 Å². The van der Waals surface area contributed by atoms with E-state index >= 15 is 0 Å². The van der Waals surface area contributed by atoms with Crippen molar-refractivity contribution in [3.8, 4) is 0 Å². The first-order chi connectivity index (χ1) is 12.2. The summed E-state index contributed by atoms with van der Waals surface area (Å²) < 4.78 is 2.02. The highest BCUT2D eigenvalue weighted by Crippen LogP contribution is 2.18. The fraction of sp³-hybridized carbons (Fsp3) is 0.429. The van der Waals surface area contributed by atoms with E-state index in [9.17, 15) is 9.59 Å². The van der Waals surface area contributed by atoms with Crippen molar-refractivity contribution in [1.82, 2.24) is 14.4 Å². The molecule has 5 nitrogen and oxygen atoms in total. The van der Waals surface area contributed by atoms with Crippen molar-refractivity contribution in [3.63, 3.8) is 0 Å². The summed E-state index contributed by atoms with van der Waals surface area (Å²) in [7, 11) is 0. The first-order valence-electron chi connectivity index (χ1n) is 9.05. The lowest BCUT2D eigenvalue weighted by molar-refractivity contribution is -0.135. The Bertz CT molecular complexity index is 799. The maximum Gasteiger partial charge on any atom is 0.255 e. The van der Waals surface area contributed by atoms with Gasteiger partial charge in [-0.1, -0.05) is 29.8 Å². The second kappa shape index (κ2) is 6.98. The van der Waals surface area contributed by atoms with E-state index in [1.807, 2.05) is 34.9 Å². The van der Waals surface area contributed by atoms with E-state index in [0.717, 1.165) is 5.56 Å². The lowest BCUT2D eigenvalue weighted by Crippen LogP contribution is -2.51. The number of carbonyl (C=O) groups is 2. The molecular formula is C21H27N3O2. The Labute approximate surface area is 155 Å². The van der Waals surface area contributed by atoms with Crippen LogP contribution in [-0.4, -0.2) is 45.8 Å². The number of benzene rings is 1. The van der Waals surface area contributed by atoms with Gasteiger partial charge in [0.2, 0.25) is 5.91 Å². The molecule has 0 aliphatic carbocycles. The Balaban J connectivity index is 1.62. The molecule has 0 atom stereocenters. The van der Waals surface area contributed by atoms with Crippen LogP contribution < -0.4 is 0 Å². The van der Waals surface area contributed by atoms with Crippen molar-refractivity contribution < 1.29 is 9.59 Å². The monoisotopic (exact) mass is 353 g/mol. The lowest BCUT2D eigenvalue weighted by atomic mass is 10.1. The molecule has 0 bridgehead atoms. The van der Waals surface area contributed by atoms with Gasteiger partial charge < -0.3 is 14.4 Å². The zero-order valence-electron chi connectivity index (χ0n) is 16.0. The van der Waals surface area contributed by atoms with E-state index in [1.54, 1.807) is 4.90 Å². The van der Waals surface area contributed by atoms with E-state index in [1.165, 1.54) is 5.56 Å². The van der Waals surface area contributed by atoms with Crippen molar-refractivity contribution in [2.24, 2.45) is 0 Å². The zero-order chi connectivity index (χ0) is 18.9. The van der Waals surface area contributed by atoms with Crippen molar-refractivity contribution in [2.75, 3.05) is 19.6 Å². The van der Waals surface area contributed by atoms with Gasteiger partial charge in [-0.15, -0.1) is 0 Å². The quantitative estimate of drug-likeness (QED) is 0.851. The Morgan fingerprint density at radius 3 is 2.35 bits per heavy atom. The molecular weight excluding hydrogens is 326 g/mol. The molecule has 1 saturated heterocycles. The molecule has 2 aromatic rings. The molecule has 0 radical (unpaired) electrons. The molecule has 5 heteroatoms. The molecule has 1 aliphatic rings. The van der Waals surface area contributed by atoms with Gasteiger partial charge in [-0.25, -0.2) is 0 Å². The molecule has 1 aromatic heterocycles. The fourth-order valence-corrected chi connectivity index (χ4v) is 3.09. The van der Waals surface area contributed by atoms with Crippen molar-refractivity contribution in [2.45, 2.75) is 39.8 Å². The first-order valence-corrected chi connectivity index (χ1v) is 9.05. The van der Waals surface area contributed by atoms with Crippen LogP contribution in [-0.2, 0) is 16.9 Å². The molecule has 0 spiro atoms. The molecule has 0 unspecified atom stereocenters. The highest BCUT2D eigenvalue weighted by atomic mass is 16.2. The van der Waals surface area contributed by atoms with E-state index in [0.29, 0.717) is 25.2 Å². The highest BCUT2D eigenvalue weighted by Gasteiger charge is 2.28. The van der Waals surface area contributed by atoms with Crippen LogP contribution in [0.15, 0.2) is 42.7 Å². The number of hydrogen-bond donors (Lipinski definition) is 0. The number of piperazine rings is 1. The van der Waals surface area contributed by atoms with Crippen LogP contribution in [0.4, 0.5) is 0 Å². The number of rotatable bonds is 3. The van der Waals surface area contributed by atoms with Crippen molar-refractivity contribution in [3.05, 3.63) is 59.4 Å². The van der Waals surface area contributed by atoms with Gasteiger partial charge in [0.15, 0.2) is 0 Å². The molecule has 2 amide bonds. The molecule has 138 valence electrons. The maximum atomic E-state index is 12.7. The smallest absolute Gasteiger partial charge is 0.255 e. The lowest BCUT2D eigenvalue weighted by Gasteiger charge is -2.34. The van der Waals surface area contributed by atoms with Gasteiger partial charge >= 0.3 is 0 Å². The van der Waals surface area contributed by atoms with Crippen LogP contribution in [0.2, 0.25) is 0 Å². The van der Waals surface area contributed by atoms with Crippen molar-refractivity contribution >= 4 is 11.8 Å². The third kappa shape index (κ3) is 3.98. The molecule has 3 rings (SSSR count). The largest absolute Gasteiger partial charge is 0.348 e. The molecule has 0 N–H and O–H groups in total. The van der Waals surface area contributed by atoms with Gasteiger partial charge in [0, 0.05) is 37.6 Å². The fourth-order valence-electron chi connectivity index (χ4n) is 3.09. The van der Waals surface area contributed by atoms with E-state index in [2.05, 4.69) is 45.0 Å². The number of hydrogen-bond acceptors (Lipinski definition) is 2. The van der Waals surface area contributed by atoms with Crippen LogP contribution >= 0.6 is 0 Å². The first kappa shape index (κ1) is 18.2. The van der Waals surface area contributed by atoms with Gasteiger partial charge in [0.05, 0.1) is 5.56 Å². The topological polar surface area (TPSA) is 45.5 Å². The Morgan fingerprint density at radius 2 is 1.77 bits per heavy atom. The van der Waals surface area contributed by atoms with Gasteiger partial charge in [0.1, 0.15) is 6.54 Å². The van der Waals surface area contributed by atoms with Gasteiger partial charge in [-0.2, -0.15) is 0 Å². The summed E-state index contributed by atoms with van der Waals surface area (Å²) in [6, 6.07) is 10.0. The summed E-state index contributed by atoms with van der Waals surface area (Å²) in [6.07, 6.45) is 3.79. The zero-order valence-corrected chi connectivity index (χ0v) is 16.0. The van der Waals surface area contributed by atoms with E-state index < -0.39 is 0 Å². The molecule has 2 heterocycles. The number of aromatic nitrogens is 1. The minimum absolute atomic E-state index is 0.000397. The Kier molecular flexibility index (Phi) is 4.90. The third-order valence-electron chi connectivity index (χ3n) is 4.81. The number of amides is 2. The number of nitrogens with zero attached hydrogens (tertiary/aromatic N) is 3.